The third-order valence-electron chi connectivity index (χ3n) is 11.6. The van der Waals surface area contributed by atoms with Gasteiger partial charge >= 0.3 is 0 Å². The quantitative estimate of drug-likeness (QED) is 0.166. The molecular formula is C52H31NS. The molecule has 0 atom stereocenters. The van der Waals surface area contributed by atoms with E-state index in [1.165, 1.54) is 108 Å². The summed E-state index contributed by atoms with van der Waals surface area (Å²) in [5.74, 6) is 0. The normalized spacial score (nSPS) is 12.4. The van der Waals surface area contributed by atoms with E-state index in [-0.39, 0.29) is 0 Å². The Balaban J connectivity index is 0.958. The molecule has 0 saturated heterocycles. The van der Waals surface area contributed by atoms with Gasteiger partial charge in [-0.25, -0.2) is 0 Å². The van der Waals surface area contributed by atoms with E-state index in [0.29, 0.717) is 0 Å². The fourth-order valence-corrected chi connectivity index (χ4v) is 10.2. The van der Waals surface area contributed by atoms with Gasteiger partial charge in [0.2, 0.25) is 0 Å². The molecule has 0 amide bonds. The molecule has 1 aliphatic rings. The lowest BCUT2D eigenvalue weighted by Gasteiger charge is -2.21. The molecule has 54 heavy (non-hydrogen) atoms. The SMILES string of the molecule is c1cc2c3c(cccc3c1)-c1cc(-c3ccc4c(c3)c3ccccc3n4-c3ccc(-c4ccc5c6ccccc6c6ccccc6c5c4)cc3)ccc1S2. The first-order valence-corrected chi connectivity index (χ1v) is 19.4. The lowest BCUT2D eigenvalue weighted by atomic mass is 9.92. The zero-order chi connectivity index (χ0) is 35.3. The van der Waals surface area contributed by atoms with Crippen LogP contribution in [0.5, 0.6) is 0 Å². The van der Waals surface area contributed by atoms with Crippen LogP contribution in [0.25, 0.3) is 104 Å². The van der Waals surface area contributed by atoms with Gasteiger partial charge in [-0.3, -0.25) is 0 Å². The molecule has 0 saturated carbocycles. The minimum Gasteiger partial charge on any atom is -0.309 e. The highest BCUT2D eigenvalue weighted by molar-refractivity contribution is 7.99. The number of benzene rings is 10. The van der Waals surface area contributed by atoms with Crippen LogP contribution in [0.1, 0.15) is 0 Å². The second-order valence-electron chi connectivity index (χ2n) is 14.5. The van der Waals surface area contributed by atoms with Crippen LogP contribution in [0.4, 0.5) is 0 Å². The van der Waals surface area contributed by atoms with Gasteiger partial charge in [0.15, 0.2) is 0 Å². The Morgan fingerprint density at radius 1 is 0.315 bits per heavy atom. The Labute approximate surface area is 316 Å². The highest BCUT2D eigenvalue weighted by Crippen LogP contribution is 2.49. The molecule has 2 heterocycles. The number of para-hydroxylation sites is 1. The van der Waals surface area contributed by atoms with Gasteiger partial charge in [0, 0.05) is 31.6 Å². The number of rotatable bonds is 3. The molecule has 0 aliphatic carbocycles. The molecule has 0 N–H and O–H groups in total. The largest absolute Gasteiger partial charge is 0.309 e. The molecule has 0 radical (unpaired) electrons. The van der Waals surface area contributed by atoms with Gasteiger partial charge in [-0.2, -0.15) is 0 Å². The maximum atomic E-state index is 2.42. The molecule has 1 aromatic heterocycles. The van der Waals surface area contributed by atoms with Crippen molar-refractivity contribution in [3.05, 3.63) is 188 Å². The predicted molar refractivity (Wildman–Crippen MR) is 231 cm³/mol. The Hall–Kier alpha value is -6.61. The van der Waals surface area contributed by atoms with Crippen molar-refractivity contribution >= 4 is 76.7 Å². The maximum absolute atomic E-state index is 2.42. The van der Waals surface area contributed by atoms with Crippen LogP contribution in [-0.2, 0) is 0 Å². The minimum atomic E-state index is 1.16. The van der Waals surface area contributed by atoms with E-state index in [1.807, 2.05) is 11.8 Å². The molecule has 0 spiro atoms. The summed E-state index contributed by atoms with van der Waals surface area (Å²) in [4.78, 5) is 2.65. The van der Waals surface area contributed by atoms with E-state index in [0.717, 1.165) is 5.69 Å². The second-order valence-corrected chi connectivity index (χ2v) is 15.5. The molecule has 0 unspecified atom stereocenters. The van der Waals surface area contributed by atoms with Crippen molar-refractivity contribution in [2.24, 2.45) is 0 Å². The van der Waals surface area contributed by atoms with Crippen molar-refractivity contribution in [3.8, 4) is 39.1 Å². The topological polar surface area (TPSA) is 4.93 Å². The minimum absolute atomic E-state index is 1.16. The lowest BCUT2D eigenvalue weighted by molar-refractivity contribution is 1.18. The first-order valence-electron chi connectivity index (χ1n) is 18.6. The van der Waals surface area contributed by atoms with Crippen molar-refractivity contribution in [2.75, 3.05) is 0 Å². The summed E-state index contributed by atoms with van der Waals surface area (Å²) in [5, 5.41) is 13.0. The fraction of sp³-hybridized carbons (Fsp3) is 0. The van der Waals surface area contributed by atoms with Crippen LogP contribution in [0.3, 0.4) is 0 Å². The van der Waals surface area contributed by atoms with Crippen molar-refractivity contribution in [1.29, 1.82) is 0 Å². The smallest absolute Gasteiger partial charge is 0.0541 e. The number of hydrogen-bond donors (Lipinski definition) is 0. The van der Waals surface area contributed by atoms with E-state index >= 15 is 0 Å². The first kappa shape index (κ1) is 29.9. The van der Waals surface area contributed by atoms with Gasteiger partial charge in [-0.1, -0.05) is 145 Å². The van der Waals surface area contributed by atoms with Crippen LogP contribution >= 0.6 is 11.8 Å². The molecule has 12 rings (SSSR count). The summed E-state index contributed by atoms with van der Waals surface area (Å²) in [6, 6.07) is 69.7. The molecular weight excluding hydrogens is 671 g/mol. The van der Waals surface area contributed by atoms with Crippen LogP contribution in [0.15, 0.2) is 198 Å². The van der Waals surface area contributed by atoms with Gasteiger partial charge in [-0.15, -0.1) is 0 Å². The average molecular weight is 702 g/mol. The van der Waals surface area contributed by atoms with E-state index < -0.39 is 0 Å². The van der Waals surface area contributed by atoms with Gasteiger partial charge in [0.05, 0.1) is 11.0 Å². The van der Waals surface area contributed by atoms with Crippen molar-refractivity contribution < 1.29 is 0 Å². The summed E-state index contributed by atoms with van der Waals surface area (Å²) in [7, 11) is 0. The maximum Gasteiger partial charge on any atom is 0.0541 e. The summed E-state index contributed by atoms with van der Waals surface area (Å²) in [5.41, 5.74) is 11.1. The van der Waals surface area contributed by atoms with Gasteiger partial charge in [-0.05, 0) is 126 Å². The van der Waals surface area contributed by atoms with Crippen molar-refractivity contribution in [1.82, 2.24) is 4.57 Å². The fourth-order valence-electron chi connectivity index (χ4n) is 9.06. The van der Waals surface area contributed by atoms with E-state index in [4.69, 9.17) is 0 Å². The Morgan fingerprint density at radius 2 is 0.870 bits per heavy atom. The molecule has 0 fully saturated rings. The molecule has 1 nitrogen and oxygen atoms in total. The third-order valence-corrected chi connectivity index (χ3v) is 12.7. The monoisotopic (exact) mass is 701 g/mol. The highest BCUT2D eigenvalue weighted by Gasteiger charge is 2.20. The van der Waals surface area contributed by atoms with Crippen LogP contribution < -0.4 is 0 Å². The summed E-state index contributed by atoms with van der Waals surface area (Å²) < 4.78 is 2.42. The van der Waals surface area contributed by atoms with E-state index in [2.05, 4.69) is 193 Å². The standard InChI is InChI=1S/C52H31NS/c1-2-13-40-38(11-1)39-12-3-4-14-41(39)45-29-34(21-26-42(40)45)32-19-24-37(25-20-32)53-48-17-6-5-15-43(48)46-30-35(22-27-49(46)53)36-23-28-50-47(31-36)44-16-7-9-33-10-8-18-51(54-50)52(33)44/h1-31H. The van der Waals surface area contributed by atoms with E-state index in [9.17, 15) is 0 Å². The predicted octanol–water partition coefficient (Wildman–Crippen LogP) is 14.9. The Bertz CT molecular complexity index is 3310. The summed E-state index contributed by atoms with van der Waals surface area (Å²) >= 11 is 1.88. The number of hydrogen-bond acceptors (Lipinski definition) is 1. The van der Waals surface area contributed by atoms with Gasteiger partial charge in [0.1, 0.15) is 0 Å². The number of fused-ring (bicyclic) bond motifs is 11. The van der Waals surface area contributed by atoms with Gasteiger partial charge < -0.3 is 4.57 Å². The van der Waals surface area contributed by atoms with Gasteiger partial charge in [0.25, 0.3) is 0 Å². The molecule has 2 heteroatoms. The average Bonchev–Trinajstić information content (AvgIpc) is 3.57. The Kier molecular flexibility index (Phi) is 6.34. The highest BCUT2D eigenvalue weighted by atomic mass is 32.2. The molecule has 0 bridgehead atoms. The van der Waals surface area contributed by atoms with Crippen LogP contribution in [0.2, 0.25) is 0 Å². The van der Waals surface area contributed by atoms with Crippen molar-refractivity contribution in [2.45, 2.75) is 9.79 Å². The summed E-state index contributed by atoms with van der Waals surface area (Å²) in [6.45, 7) is 0. The molecule has 10 aromatic carbocycles. The zero-order valence-corrected chi connectivity index (χ0v) is 30.1. The third kappa shape index (κ3) is 4.35. The summed E-state index contributed by atoms with van der Waals surface area (Å²) in [6.07, 6.45) is 0. The van der Waals surface area contributed by atoms with Crippen molar-refractivity contribution in [3.63, 3.8) is 0 Å². The molecule has 250 valence electrons. The zero-order valence-electron chi connectivity index (χ0n) is 29.3. The van der Waals surface area contributed by atoms with E-state index in [1.54, 1.807) is 0 Å². The Morgan fingerprint density at radius 3 is 1.65 bits per heavy atom. The molecule has 1 aliphatic heterocycles. The second kappa shape index (κ2) is 11.4. The lowest BCUT2D eigenvalue weighted by Crippen LogP contribution is -1.94. The first-order chi connectivity index (χ1) is 26.8. The van der Waals surface area contributed by atoms with Crippen LogP contribution in [-0.4, -0.2) is 4.57 Å². The molecule has 11 aromatic rings. The number of aromatic nitrogens is 1. The number of nitrogens with zero attached hydrogens (tertiary/aromatic N) is 1. The van der Waals surface area contributed by atoms with Crippen LogP contribution in [0, 0.1) is 0 Å².